The molecule has 0 bridgehead atoms. The summed E-state index contributed by atoms with van der Waals surface area (Å²) in [6.45, 7) is 0. The number of nitrogens with zero attached hydrogens (tertiary/aromatic N) is 1. The second-order valence-corrected chi connectivity index (χ2v) is 10.3. The highest BCUT2D eigenvalue weighted by Gasteiger charge is 2.35. The Morgan fingerprint density at radius 2 is 1.76 bits per heavy atom. The molecule has 186 valence electrons. The Hall–Kier alpha value is -3.73. The SMILES string of the molecule is Nc1c(C(=O)Nc2ccc(Cl)cc2C(=O)c2ccccc2)sc2nc(C(F)(F)F)cc(-c3cccs3)c12. The van der Waals surface area contributed by atoms with Crippen molar-refractivity contribution in [2.45, 2.75) is 6.18 Å². The molecule has 5 rings (SSSR count). The van der Waals surface area contributed by atoms with Crippen LogP contribution < -0.4 is 11.1 Å². The van der Waals surface area contributed by atoms with Crippen LogP contribution >= 0.6 is 34.3 Å². The van der Waals surface area contributed by atoms with E-state index in [-0.39, 0.29) is 43.4 Å². The second kappa shape index (κ2) is 9.62. The number of nitrogens with one attached hydrogen (secondary N) is 1. The molecule has 1 amide bonds. The summed E-state index contributed by atoms with van der Waals surface area (Å²) in [6.07, 6.45) is -4.68. The highest BCUT2D eigenvalue weighted by molar-refractivity contribution is 7.21. The number of carbonyl (C=O) groups is 2. The van der Waals surface area contributed by atoms with E-state index in [9.17, 15) is 22.8 Å². The van der Waals surface area contributed by atoms with Crippen molar-refractivity contribution in [1.29, 1.82) is 0 Å². The number of thiophene rings is 2. The normalized spacial score (nSPS) is 11.6. The van der Waals surface area contributed by atoms with Gasteiger partial charge in [0.25, 0.3) is 5.91 Å². The molecule has 5 nitrogen and oxygen atoms in total. The maximum Gasteiger partial charge on any atom is 0.433 e. The predicted molar refractivity (Wildman–Crippen MR) is 142 cm³/mol. The predicted octanol–water partition coefficient (Wildman–Crippen LogP) is 7.76. The smallest absolute Gasteiger partial charge is 0.397 e. The van der Waals surface area contributed by atoms with Gasteiger partial charge < -0.3 is 11.1 Å². The third-order valence-corrected chi connectivity index (χ3v) is 7.73. The lowest BCUT2D eigenvalue weighted by Gasteiger charge is -2.11. The first-order valence-corrected chi connectivity index (χ1v) is 12.8. The van der Waals surface area contributed by atoms with Gasteiger partial charge in [-0.1, -0.05) is 48.0 Å². The molecule has 0 spiro atoms. The van der Waals surface area contributed by atoms with E-state index in [0.717, 1.165) is 17.4 Å². The van der Waals surface area contributed by atoms with Gasteiger partial charge in [0.05, 0.1) is 11.4 Å². The highest BCUT2D eigenvalue weighted by atomic mass is 35.5. The van der Waals surface area contributed by atoms with Crippen LogP contribution in [0.5, 0.6) is 0 Å². The maximum atomic E-state index is 13.6. The molecule has 3 aromatic heterocycles. The number of nitrogens with two attached hydrogens (primary N) is 1. The van der Waals surface area contributed by atoms with Crippen LogP contribution in [-0.4, -0.2) is 16.7 Å². The summed E-state index contributed by atoms with van der Waals surface area (Å²) in [6, 6.07) is 17.2. The van der Waals surface area contributed by atoms with Crippen LogP contribution in [0.25, 0.3) is 20.7 Å². The van der Waals surface area contributed by atoms with E-state index in [1.807, 2.05) is 0 Å². The molecule has 0 unspecified atom stereocenters. The molecule has 0 aliphatic heterocycles. The van der Waals surface area contributed by atoms with Crippen LogP contribution in [-0.2, 0) is 6.18 Å². The van der Waals surface area contributed by atoms with Crippen molar-refractivity contribution in [3.05, 3.63) is 98.8 Å². The van der Waals surface area contributed by atoms with Gasteiger partial charge in [0.2, 0.25) is 0 Å². The van der Waals surface area contributed by atoms with Gasteiger partial charge in [-0.2, -0.15) is 13.2 Å². The zero-order valence-corrected chi connectivity index (χ0v) is 21.0. The Kier molecular flexibility index (Phi) is 6.49. The molecule has 0 atom stereocenters. The molecule has 0 fully saturated rings. The number of nitrogen functional groups attached to an aromatic ring is 1. The molecule has 3 heterocycles. The summed E-state index contributed by atoms with van der Waals surface area (Å²) >= 11 is 8.12. The van der Waals surface area contributed by atoms with Crippen molar-refractivity contribution in [2.24, 2.45) is 0 Å². The minimum Gasteiger partial charge on any atom is -0.397 e. The number of ketones is 1. The van der Waals surface area contributed by atoms with E-state index < -0.39 is 17.8 Å². The highest BCUT2D eigenvalue weighted by Crippen LogP contribution is 2.43. The van der Waals surface area contributed by atoms with Gasteiger partial charge >= 0.3 is 6.18 Å². The van der Waals surface area contributed by atoms with Crippen LogP contribution in [0, 0.1) is 0 Å². The first-order chi connectivity index (χ1) is 17.6. The zero-order chi connectivity index (χ0) is 26.3. The van der Waals surface area contributed by atoms with Crippen LogP contribution in [0.3, 0.4) is 0 Å². The van der Waals surface area contributed by atoms with Gasteiger partial charge in [-0.15, -0.1) is 22.7 Å². The van der Waals surface area contributed by atoms with Crippen molar-refractivity contribution >= 4 is 67.6 Å². The van der Waals surface area contributed by atoms with Crippen LogP contribution in [0.1, 0.15) is 31.3 Å². The molecule has 37 heavy (non-hydrogen) atoms. The van der Waals surface area contributed by atoms with E-state index in [2.05, 4.69) is 10.3 Å². The molecule has 0 aliphatic rings. The third kappa shape index (κ3) is 4.83. The monoisotopic (exact) mass is 557 g/mol. The average molecular weight is 558 g/mol. The first-order valence-electron chi connectivity index (χ1n) is 10.7. The van der Waals surface area contributed by atoms with Crippen LogP contribution in [0.2, 0.25) is 5.02 Å². The molecule has 11 heteroatoms. The Labute approximate surface area is 221 Å². The van der Waals surface area contributed by atoms with E-state index in [1.165, 1.54) is 29.5 Å². The number of halogens is 4. The number of benzene rings is 2. The lowest BCUT2D eigenvalue weighted by atomic mass is 10.0. The van der Waals surface area contributed by atoms with Gasteiger partial charge in [0.1, 0.15) is 15.4 Å². The molecule has 0 saturated carbocycles. The molecule has 0 saturated heterocycles. The Morgan fingerprint density at radius 1 is 1.00 bits per heavy atom. The minimum absolute atomic E-state index is 0.00650. The quantitative estimate of drug-likeness (QED) is 0.216. The number of pyridine rings is 1. The molecule has 3 N–H and O–H groups in total. The zero-order valence-electron chi connectivity index (χ0n) is 18.6. The fourth-order valence-corrected chi connectivity index (χ4v) is 5.73. The molecule has 0 aliphatic carbocycles. The van der Waals surface area contributed by atoms with E-state index in [1.54, 1.807) is 47.8 Å². The number of fused-ring (bicyclic) bond motifs is 1. The van der Waals surface area contributed by atoms with Crippen molar-refractivity contribution in [1.82, 2.24) is 4.98 Å². The van der Waals surface area contributed by atoms with E-state index in [0.29, 0.717) is 15.5 Å². The third-order valence-electron chi connectivity index (χ3n) is 5.49. The van der Waals surface area contributed by atoms with Crippen molar-refractivity contribution in [2.75, 3.05) is 11.1 Å². The number of hydrogen-bond donors (Lipinski definition) is 2. The average Bonchev–Trinajstić information content (AvgIpc) is 3.53. The van der Waals surface area contributed by atoms with Crippen LogP contribution in [0.4, 0.5) is 24.5 Å². The Bertz CT molecular complexity index is 1650. The number of hydrogen-bond acceptors (Lipinski definition) is 6. The van der Waals surface area contributed by atoms with Crippen molar-refractivity contribution in [3.8, 4) is 10.4 Å². The number of aromatic nitrogens is 1. The van der Waals surface area contributed by atoms with Crippen molar-refractivity contribution < 1.29 is 22.8 Å². The van der Waals surface area contributed by atoms with E-state index >= 15 is 0 Å². The van der Waals surface area contributed by atoms with Gasteiger partial charge in [-0.25, -0.2) is 4.98 Å². The number of anilines is 2. The van der Waals surface area contributed by atoms with Crippen LogP contribution in [0.15, 0.2) is 72.1 Å². The van der Waals surface area contributed by atoms with Gasteiger partial charge in [0, 0.05) is 32.0 Å². The summed E-state index contributed by atoms with van der Waals surface area (Å²) in [4.78, 5) is 30.7. The number of rotatable bonds is 5. The largest absolute Gasteiger partial charge is 0.433 e. The molecular formula is C26H15ClF3N3O2S2. The fourth-order valence-electron chi connectivity index (χ4n) is 3.80. The van der Waals surface area contributed by atoms with Gasteiger partial charge in [-0.3, -0.25) is 9.59 Å². The number of carbonyl (C=O) groups excluding carboxylic acids is 2. The second-order valence-electron chi connectivity index (χ2n) is 7.89. The summed E-state index contributed by atoms with van der Waals surface area (Å²) < 4.78 is 40.7. The molecule has 0 radical (unpaired) electrons. The number of alkyl halides is 3. The maximum absolute atomic E-state index is 13.6. The van der Waals surface area contributed by atoms with Gasteiger partial charge in [0.15, 0.2) is 5.78 Å². The van der Waals surface area contributed by atoms with Crippen molar-refractivity contribution in [3.63, 3.8) is 0 Å². The number of amides is 1. The fraction of sp³-hybridized carbons (Fsp3) is 0.0385. The standard InChI is InChI=1S/C26H15ClF3N3O2S2/c27-14-8-9-17(15(11-14)22(34)13-5-2-1-3-6-13)32-24(35)23-21(31)20-16(18-7-4-10-36-18)12-19(26(28,29)30)33-25(20)37-23/h1-12H,31H2,(H,32,35). The van der Waals surface area contributed by atoms with E-state index in [4.69, 9.17) is 17.3 Å². The molecule has 5 aromatic rings. The molecular weight excluding hydrogens is 543 g/mol. The Balaban J connectivity index is 1.58. The lowest BCUT2D eigenvalue weighted by molar-refractivity contribution is -0.140. The summed E-state index contributed by atoms with van der Waals surface area (Å²) in [5.74, 6) is -1.05. The van der Waals surface area contributed by atoms with Gasteiger partial charge in [-0.05, 0) is 35.7 Å². The lowest BCUT2D eigenvalue weighted by Crippen LogP contribution is -2.15. The molecule has 2 aromatic carbocycles. The minimum atomic E-state index is -4.68. The topological polar surface area (TPSA) is 85.1 Å². The Morgan fingerprint density at radius 3 is 2.43 bits per heavy atom. The summed E-state index contributed by atoms with van der Waals surface area (Å²) in [5.41, 5.74) is 6.22. The summed E-state index contributed by atoms with van der Waals surface area (Å²) in [5, 5.41) is 4.96. The summed E-state index contributed by atoms with van der Waals surface area (Å²) in [7, 11) is 0. The first kappa shape index (κ1) is 24.9.